The maximum Gasteiger partial charge on any atom is 0.154 e. The molecule has 1 atom stereocenters. The maximum atomic E-state index is 9.19. The van der Waals surface area contributed by atoms with Crippen molar-refractivity contribution >= 4 is 0 Å². The summed E-state index contributed by atoms with van der Waals surface area (Å²) in [6.45, 7) is 2.73. The van der Waals surface area contributed by atoms with Crippen molar-refractivity contribution in [3.05, 3.63) is 11.6 Å². The van der Waals surface area contributed by atoms with Crippen LogP contribution in [-0.2, 0) is 17.7 Å². The van der Waals surface area contributed by atoms with Crippen molar-refractivity contribution < 1.29 is 9.84 Å². The first-order valence-corrected chi connectivity index (χ1v) is 6.49. The van der Waals surface area contributed by atoms with Crippen LogP contribution in [0.3, 0.4) is 0 Å². The van der Waals surface area contributed by atoms with Gasteiger partial charge in [-0.15, -0.1) is 0 Å². The maximum absolute atomic E-state index is 9.19. The molecule has 5 heteroatoms. The molecule has 1 aromatic heterocycles. The Labute approximate surface area is 101 Å². The van der Waals surface area contributed by atoms with E-state index in [-0.39, 0.29) is 6.61 Å². The van der Waals surface area contributed by atoms with Crippen molar-refractivity contribution in [2.45, 2.75) is 38.1 Å². The Hall–Kier alpha value is -0.940. The lowest BCUT2D eigenvalue weighted by atomic mass is 10.00. The summed E-state index contributed by atoms with van der Waals surface area (Å²) < 4.78 is 7.36. The number of rotatable bonds is 2. The predicted molar refractivity (Wildman–Crippen MR) is 61.7 cm³/mol. The van der Waals surface area contributed by atoms with Crippen molar-refractivity contribution in [2.24, 2.45) is 5.92 Å². The molecule has 0 aliphatic carbocycles. The smallest absolute Gasteiger partial charge is 0.154 e. The summed E-state index contributed by atoms with van der Waals surface area (Å²) in [5.41, 5.74) is 0. The van der Waals surface area contributed by atoms with Crippen LogP contribution in [0.4, 0.5) is 0 Å². The van der Waals surface area contributed by atoms with Gasteiger partial charge in [0.1, 0.15) is 5.82 Å². The number of hydrogen-bond acceptors (Lipinski definition) is 4. The molecule has 1 fully saturated rings. The fraction of sp³-hybridized carbons (Fsp3) is 0.833. The van der Waals surface area contributed by atoms with Crippen LogP contribution in [0.5, 0.6) is 0 Å². The fourth-order valence-corrected chi connectivity index (χ4v) is 2.67. The molecule has 94 valence electrons. The van der Waals surface area contributed by atoms with Crippen LogP contribution in [-0.4, -0.2) is 39.7 Å². The van der Waals surface area contributed by atoms with Crippen molar-refractivity contribution in [3.63, 3.8) is 0 Å². The molecule has 1 aromatic rings. The Balaban J connectivity index is 1.77. The highest BCUT2D eigenvalue weighted by Crippen LogP contribution is 2.26. The number of aliphatic hydroxyl groups excluding tert-OH is 1. The van der Waals surface area contributed by atoms with Gasteiger partial charge in [0.05, 0.1) is 0 Å². The minimum atomic E-state index is 0.256. The van der Waals surface area contributed by atoms with E-state index in [4.69, 9.17) is 4.74 Å². The molecule has 0 aromatic carbocycles. The number of hydrogen-bond donors (Lipinski definition) is 1. The van der Waals surface area contributed by atoms with E-state index < -0.39 is 0 Å². The Morgan fingerprint density at radius 3 is 2.88 bits per heavy atom. The lowest BCUT2D eigenvalue weighted by Crippen LogP contribution is -2.23. The molecule has 0 saturated carbocycles. The zero-order valence-corrected chi connectivity index (χ0v) is 10.0. The van der Waals surface area contributed by atoms with Gasteiger partial charge in [0, 0.05) is 44.6 Å². The summed E-state index contributed by atoms with van der Waals surface area (Å²) in [6.07, 6.45) is 4.05. The molecule has 1 saturated heterocycles. The summed E-state index contributed by atoms with van der Waals surface area (Å²) in [5, 5.41) is 13.8. The molecule has 1 unspecified atom stereocenters. The number of aryl methyl sites for hydroxylation is 1. The summed E-state index contributed by atoms with van der Waals surface area (Å²) in [5.74, 6) is 2.90. The quantitative estimate of drug-likeness (QED) is 0.823. The second-order valence-electron chi connectivity index (χ2n) is 5.04. The van der Waals surface area contributed by atoms with E-state index in [1.807, 2.05) is 4.68 Å². The number of ether oxygens (including phenoxy) is 1. The minimum Gasteiger partial charge on any atom is -0.396 e. The highest BCUT2D eigenvalue weighted by molar-refractivity contribution is 5.02. The van der Waals surface area contributed by atoms with Crippen LogP contribution in [0, 0.1) is 5.92 Å². The summed E-state index contributed by atoms with van der Waals surface area (Å²) >= 11 is 0. The predicted octanol–water partition coefficient (Wildman–Crippen LogP) is 0.727. The molecule has 17 heavy (non-hydrogen) atoms. The van der Waals surface area contributed by atoms with E-state index >= 15 is 0 Å². The highest BCUT2D eigenvalue weighted by Gasteiger charge is 2.25. The first kappa shape index (κ1) is 11.2. The van der Waals surface area contributed by atoms with Gasteiger partial charge in [-0.25, -0.2) is 9.67 Å². The van der Waals surface area contributed by atoms with Crippen molar-refractivity contribution in [3.8, 4) is 0 Å². The first-order chi connectivity index (χ1) is 8.36. The molecule has 1 N–H and O–H groups in total. The number of nitrogens with zero attached hydrogens (tertiary/aromatic N) is 3. The van der Waals surface area contributed by atoms with Crippen molar-refractivity contribution in [2.75, 3.05) is 19.8 Å². The normalized spacial score (nSPS) is 25.8. The summed E-state index contributed by atoms with van der Waals surface area (Å²) in [6, 6.07) is 0. The molecule has 5 nitrogen and oxygen atoms in total. The fourth-order valence-electron chi connectivity index (χ4n) is 2.67. The third kappa shape index (κ3) is 2.21. The van der Waals surface area contributed by atoms with E-state index in [0.717, 1.165) is 57.1 Å². The van der Waals surface area contributed by atoms with Crippen LogP contribution < -0.4 is 0 Å². The molecule has 0 spiro atoms. The van der Waals surface area contributed by atoms with Gasteiger partial charge in [0.2, 0.25) is 0 Å². The number of aromatic nitrogens is 3. The van der Waals surface area contributed by atoms with Gasteiger partial charge in [0.25, 0.3) is 0 Å². The zero-order chi connectivity index (χ0) is 11.7. The van der Waals surface area contributed by atoms with E-state index in [0.29, 0.717) is 11.8 Å². The van der Waals surface area contributed by atoms with E-state index in [9.17, 15) is 5.11 Å². The molecule has 3 rings (SSSR count). The molecule has 3 heterocycles. The number of aliphatic hydroxyl groups is 1. The van der Waals surface area contributed by atoms with Crippen LogP contribution in [0.2, 0.25) is 0 Å². The third-order valence-electron chi connectivity index (χ3n) is 3.82. The van der Waals surface area contributed by atoms with Crippen LogP contribution in [0.15, 0.2) is 0 Å². The Bertz CT molecular complexity index is 385. The van der Waals surface area contributed by atoms with Crippen LogP contribution >= 0.6 is 0 Å². The van der Waals surface area contributed by atoms with Gasteiger partial charge in [-0.2, -0.15) is 5.10 Å². The van der Waals surface area contributed by atoms with Gasteiger partial charge in [-0.1, -0.05) is 0 Å². The molecule has 2 aliphatic heterocycles. The van der Waals surface area contributed by atoms with Crippen LogP contribution in [0.1, 0.15) is 36.8 Å². The zero-order valence-electron chi connectivity index (χ0n) is 10.0. The molecular weight excluding hydrogens is 218 g/mol. The Morgan fingerprint density at radius 2 is 2.12 bits per heavy atom. The van der Waals surface area contributed by atoms with Gasteiger partial charge in [-0.3, -0.25) is 0 Å². The van der Waals surface area contributed by atoms with Gasteiger partial charge in [0.15, 0.2) is 5.82 Å². The lowest BCUT2D eigenvalue weighted by Gasteiger charge is -2.20. The molecule has 0 radical (unpaired) electrons. The van der Waals surface area contributed by atoms with Gasteiger partial charge >= 0.3 is 0 Å². The summed E-state index contributed by atoms with van der Waals surface area (Å²) in [7, 11) is 0. The van der Waals surface area contributed by atoms with Gasteiger partial charge in [-0.05, 0) is 19.3 Å². The minimum absolute atomic E-state index is 0.256. The molecule has 0 bridgehead atoms. The number of fused-ring (bicyclic) bond motifs is 1. The molecule has 0 amide bonds. The highest BCUT2D eigenvalue weighted by atomic mass is 16.5. The second kappa shape index (κ2) is 4.74. The topological polar surface area (TPSA) is 60.2 Å². The second-order valence-corrected chi connectivity index (χ2v) is 5.04. The largest absolute Gasteiger partial charge is 0.396 e. The monoisotopic (exact) mass is 237 g/mol. The average Bonchev–Trinajstić information content (AvgIpc) is 2.82. The Kier molecular flexibility index (Phi) is 3.11. The van der Waals surface area contributed by atoms with Crippen LogP contribution in [0.25, 0.3) is 0 Å². The average molecular weight is 237 g/mol. The molecular formula is C12H19N3O2. The Morgan fingerprint density at radius 1 is 1.29 bits per heavy atom. The van der Waals surface area contributed by atoms with Crippen molar-refractivity contribution in [1.82, 2.24) is 14.8 Å². The van der Waals surface area contributed by atoms with E-state index in [1.54, 1.807) is 0 Å². The lowest BCUT2D eigenvalue weighted by molar-refractivity contribution is 0.0835. The van der Waals surface area contributed by atoms with E-state index in [2.05, 4.69) is 10.1 Å². The van der Waals surface area contributed by atoms with Crippen molar-refractivity contribution in [1.29, 1.82) is 0 Å². The van der Waals surface area contributed by atoms with Gasteiger partial charge < -0.3 is 9.84 Å². The van der Waals surface area contributed by atoms with E-state index in [1.165, 1.54) is 0 Å². The molecule has 2 aliphatic rings. The third-order valence-corrected chi connectivity index (χ3v) is 3.82. The standard InChI is InChI=1S/C12H19N3O2/c16-8-9-1-2-11-13-12(14-15(11)7-9)10-3-5-17-6-4-10/h9-10,16H,1-8H2. The first-order valence-electron chi connectivity index (χ1n) is 6.49. The SMILES string of the molecule is OCC1CCc2nc(C3CCOCC3)nn2C1. The summed E-state index contributed by atoms with van der Waals surface area (Å²) in [4.78, 5) is 4.66.